The quantitative estimate of drug-likeness (QED) is 0.722. The molecule has 0 bridgehead atoms. The first kappa shape index (κ1) is 17.8. The molecular formula is C19H21FN4O2. The fourth-order valence-electron chi connectivity index (χ4n) is 3.15. The van der Waals surface area contributed by atoms with Crippen LogP contribution in [0.25, 0.3) is 16.7 Å². The molecule has 0 atom stereocenters. The molecule has 0 saturated heterocycles. The monoisotopic (exact) mass is 356 g/mol. The Labute approximate surface area is 150 Å². The van der Waals surface area contributed by atoms with Gasteiger partial charge in [0.05, 0.1) is 16.8 Å². The van der Waals surface area contributed by atoms with E-state index in [-0.39, 0.29) is 22.7 Å². The highest BCUT2D eigenvalue weighted by Crippen LogP contribution is 2.20. The minimum absolute atomic E-state index is 0.130. The SMILES string of the molecule is CCN(CC)C(=O)c1cn(C)c2c(c(C)nn2-c2ccc(F)cc2)c1=O. The minimum Gasteiger partial charge on any atom is -0.339 e. The Morgan fingerprint density at radius 1 is 1.19 bits per heavy atom. The Morgan fingerprint density at radius 3 is 2.38 bits per heavy atom. The molecule has 1 aromatic carbocycles. The summed E-state index contributed by atoms with van der Waals surface area (Å²) in [7, 11) is 1.77. The first-order valence-corrected chi connectivity index (χ1v) is 8.53. The van der Waals surface area contributed by atoms with Crippen molar-refractivity contribution in [1.82, 2.24) is 19.2 Å². The summed E-state index contributed by atoms with van der Waals surface area (Å²) in [6.45, 7) is 6.55. The van der Waals surface area contributed by atoms with Gasteiger partial charge in [-0.1, -0.05) is 0 Å². The highest BCUT2D eigenvalue weighted by molar-refractivity contribution is 5.97. The molecule has 0 aliphatic rings. The van der Waals surface area contributed by atoms with Crippen molar-refractivity contribution in [3.8, 4) is 5.69 Å². The van der Waals surface area contributed by atoms with E-state index in [9.17, 15) is 14.0 Å². The van der Waals surface area contributed by atoms with E-state index in [0.717, 1.165) is 0 Å². The number of pyridine rings is 1. The zero-order valence-corrected chi connectivity index (χ0v) is 15.3. The summed E-state index contributed by atoms with van der Waals surface area (Å²) in [5.74, 6) is -0.630. The highest BCUT2D eigenvalue weighted by Gasteiger charge is 2.22. The zero-order chi connectivity index (χ0) is 19.0. The van der Waals surface area contributed by atoms with Crippen LogP contribution in [0.2, 0.25) is 0 Å². The van der Waals surface area contributed by atoms with Crippen molar-refractivity contribution in [2.75, 3.05) is 13.1 Å². The normalized spacial score (nSPS) is 11.1. The predicted molar refractivity (Wildman–Crippen MR) is 98.3 cm³/mol. The molecule has 2 aromatic heterocycles. The molecule has 0 spiro atoms. The number of rotatable bonds is 4. The van der Waals surface area contributed by atoms with E-state index < -0.39 is 0 Å². The molecular weight excluding hydrogens is 335 g/mol. The number of hydrogen-bond donors (Lipinski definition) is 0. The molecule has 26 heavy (non-hydrogen) atoms. The smallest absolute Gasteiger partial charge is 0.259 e. The largest absolute Gasteiger partial charge is 0.339 e. The van der Waals surface area contributed by atoms with Crippen molar-refractivity contribution >= 4 is 16.9 Å². The van der Waals surface area contributed by atoms with Gasteiger partial charge in [-0.15, -0.1) is 0 Å². The Bertz CT molecular complexity index is 1030. The maximum absolute atomic E-state index is 13.2. The number of carbonyl (C=O) groups is 1. The Hall–Kier alpha value is -2.96. The molecule has 3 aromatic rings. The van der Waals surface area contributed by atoms with Crippen LogP contribution in [0.5, 0.6) is 0 Å². The number of benzene rings is 1. The third kappa shape index (κ3) is 2.79. The molecule has 1 amide bonds. The summed E-state index contributed by atoms with van der Waals surface area (Å²) in [6.07, 6.45) is 1.55. The lowest BCUT2D eigenvalue weighted by atomic mass is 10.1. The molecule has 7 heteroatoms. The number of aryl methyl sites for hydroxylation is 2. The zero-order valence-electron chi connectivity index (χ0n) is 15.3. The van der Waals surface area contributed by atoms with Crippen LogP contribution >= 0.6 is 0 Å². The third-order valence-electron chi connectivity index (χ3n) is 4.52. The molecule has 2 heterocycles. The molecule has 3 rings (SSSR count). The van der Waals surface area contributed by atoms with Crippen LogP contribution in [0.4, 0.5) is 4.39 Å². The average molecular weight is 356 g/mol. The van der Waals surface area contributed by atoms with Gasteiger partial charge in [-0.2, -0.15) is 5.10 Å². The minimum atomic E-state index is -0.345. The molecule has 0 N–H and O–H groups in total. The van der Waals surface area contributed by atoms with E-state index >= 15 is 0 Å². The van der Waals surface area contributed by atoms with E-state index in [2.05, 4.69) is 5.10 Å². The summed E-state index contributed by atoms with van der Waals surface area (Å²) in [5, 5.41) is 4.84. The Morgan fingerprint density at radius 2 is 1.81 bits per heavy atom. The Balaban J connectivity index is 2.26. The van der Waals surface area contributed by atoms with E-state index in [4.69, 9.17) is 0 Å². The molecule has 6 nitrogen and oxygen atoms in total. The Kier molecular flexibility index (Phi) is 4.63. The van der Waals surface area contributed by atoms with Gasteiger partial charge in [0.1, 0.15) is 17.0 Å². The molecule has 0 saturated carbocycles. The van der Waals surface area contributed by atoms with Crippen LogP contribution in [-0.4, -0.2) is 38.2 Å². The van der Waals surface area contributed by atoms with Crippen molar-refractivity contribution < 1.29 is 9.18 Å². The van der Waals surface area contributed by atoms with Crippen LogP contribution in [0.15, 0.2) is 35.3 Å². The van der Waals surface area contributed by atoms with Crippen LogP contribution in [0.1, 0.15) is 29.9 Å². The lowest BCUT2D eigenvalue weighted by molar-refractivity contribution is 0.0771. The summed E-state index contributed by atoms with van der Waals surface area (Å²) < 4.78 is 16.5. The van der Waals surface area contributed by atoms with Gasteiger partial charge in [-0.05, 0) is 45.0 Å². The number of halogens is 1. The van der Waals surface area contributed by atoms with Gasteiger partial charge in [-0.3, -0.25) is 9.59 Å². The molecule has 136 valence electrons. The lowest BCUT2D eigenvalue weighted by Crippen LogP contribution is -2.34. The summed E-state index contributed by atoms with van der Waals surface area (Å²) in [4.78, 5) is 27.3. The van der Waals surface area contributed by atoms with Gasteiger partial charge in [0.15, 0.2) is 0 Å². The van der Waals surface area contributed by atoms with Crippen LogP contribution in [0, 0.1) is 12.7 Å². The summed E-state index contributed by atoms with van der Waals surface area (Å²) in [5.41, 5.74) is 1.53. The van der Waals surface area contributed by atoms with E-state index in [1.807, 2.05) is 13.8 Å². The fourth-order valence-corrected chi connectivity index (χ4v) is 3.15. The van der Waals surface area contributed by atoms with Gasteiger partial charge in [0.2, 0.25) is 5.43 Å². The molecule has 0 aliphatic heterocycles. The second-order valence-corrected chi connectivity index (χ2v) is 6.13. The van der Waals surface area contributed by atoms with Crippen molar-refractivity contribution in [3.63, 3.8) is 0 Å². The van der Waals surface area contributed by atoms with Crippen molar-refractivity contribution in [2.24, 2.45) is 7.05 Å². The van der Waals surface area contributed by atoms with E-state index in [0.29, 0.717) is 35.5 Å². The maximum atomic E-state index is 13.2. The number of carbonyl (C=O) groups excluding carboxylic acids is 1. The van der Waals surface area contributed by atoms with E-state index in [1.165, 1.54) is 12.1 Å². The predicted octanol–water partition coefficient (Wildman–Crippen LogP) is 2.65. The second kappa shape index (κ2) is 6.74. The van der Waals surface area contributed by atoms with E-state index in [1.54, 1.807) is 46.4 Å². The van der Waals surface area contributed by atoms with Crippen molar-refractivity contribution in [2.45, 2.75) is 20.8 Å². The van der Waals surface area contributed by atoms with Crippen molar-refractivity contribution in [1.29, 1.82) is 0 Å². The van der Waals surface area contributed by atoms with Crippen LogP contribution in [0.3, 0.4) is 0 Å². The number of nitrogens with zero attached hydrogens (tertiary/aromatic N) is 4. The van der Waals surface area contributed by atoms with Gasteiger partial charge in [0.25, 0.3) is 5.91 Å². The number of fused-ring (bicyclic) bond motifs is 1. The first-order chi connectivity index (χ1) is 12.4. The molecule has 0 fully saturated rings. The fraction of sp³-hybridized carbons (Fsp3) is 0.316. The topological polar surface area (TPSA) is 60.1 Å². The summed E-state index contributed by atoms with van der Waals surface area (Å²) in [6, 6.07) is 5.88. The van der Waals surface area contributed by atoms with Crippen LogP contribution < -0.4 is 5.43 Å². The molecule has 0 unspecified atom stereocenters. The standard InChI is InChI=1S/C19H21FN4O2/c1-5-23(6-2)19(26)15-11-22(4)18-16(17(15)25)12(3)21-24(18)14-9-7-13(20)8-10-14/h7-11H,5-6H2,1-4H3. The van der Waals surface area contributed by atoms with Crippen LogP contribution in [-0.2, 0) is 7.05 Å². The number of hydrogen-bond acceptors (Lipinski definition) is 3. The van der Waals surface area contributed by atoms with Gasteiger partial charge in [-0.25, -0.2) is 9.07 Å². The third-order valence-corrected chi connectivity index (χ3v) is 4.52. The number of amides is 1. The number of aromatic nitrogens is 3. The van der Waals surface area contributed by atoms with Gasteiger partial charge < -0.3 is 9.47 Å². The average Bonchev–Trinajstić information content (AvgIpc) is 2.98. The van der Waals surface area contributed by atoms with Gasteiger partial charge >= 0.3 is 0 Å². The first-order valence-electron chi connectivity index (χ1n) is 8.53. The maximum Gasteiger partial charge on any atom is 0.259 e. The molecule has 0 aliphatic carbocycles. The summed E-state index contributed by atoms with van der Waals surface area (Å²) >= 11 is 0. The van der Waals surface area contributed by atoms with Crippen molar-refractivity contribution in [3.05, 3.63) is 57.8 Å². The molecule has 0 radical (unpaired) electrons. The van der Waals surface area contributed by atoms with Gasteiger partial charge in [0, 0.05) is 26.3 Å². The lowest BCUT2D eigenvalue weighted by Gasteiger charge is -2.19. The second-order valence-electron chi connectivity index (χ2n) is 6.13. The highest BCUT2D eigenvalue weighted by atomic mass is 19.1.